The van der Waals surface area contributed by atoms with Gasteiger partial charge >= 0.3 is 12.1 Å². The lowest BCUT2D eigenvalue weighted by atomic mass is 10.2. The Hall–Kier alpha value is -4.84. The number of hydrogen-bond acceptors (Lipinski definition) is 7. The molecular weight excluding hydrogens is 460 g/mol. The summed E-state index contributed by atoms with van der Waals surface area (Å²) in [6, 6.07) is 21.8. The number of hydrogen-bond donors (Lipinski definition) is 1. The van der Waals surface area contributed by atoms with Crippen LogP contribution in [0.25, 0.3) is 11.0 Å². The minimum atomic E-state index is -0.887. The molecule has 182 valence electrons. The molecular formula is C27H24N4O5. The van der Waals surface area contributed by atoms with E-state index in [1.807, 2.05) is 6.07 Å². The van der Waals surface area contributed by atoms with Crippen LogP contribution in [-0.2, 0) is 16.1 Å². The Morgan fingerprint density at radius 3 is 2.47 bits per heavy atom. The largest absolute Gasteiger partial charge is 0.486 e. The average molecular weight is 485 g/mol. The third-order valence-electron chi connectivity index (χ3n) is 5.31. The highest BCUT2D eigenvalue weighted by atomic mass is 16.6. The van der Waals surface area contributed by atoms with Crippen molar-refractivity contribution in [3.8, 4) is 17.6 Å². The number of aromatic amines is 1. The number of H-pyrrole nitrogens is 1. The second-order valence-corrected chi connectivity index (χ2v) is 7.79. The van der Waals surface area contributed by atoms with E-state index in [9.17, 15) is 9.59 Å². The minimum absolute atomic E-state index is 0.189. The van der Waals surface area contributed by atoms with Gasteiger partial charge in [0, 0.05) is 11.8 Å². The van der Waals surface area contributed by atoms with Crippen LogP contribution in [-0.4, -0.2) is 34.7 Å². The quantitative estimate of drug-likeness (QED) is 0.351. The molecule has 1 amide bonds. The summed E-state index contributed by atoms with van der Waals surface area (Å²) < 4.78 is 16.5. The fourth-order valence-electron chi connectivity index (χ4n) is 3.54. The Bertz CT molecular complexity index is 1390. The van der Waals surface area contributed by atoms with Crippen LogP contribution in [0.15, 0.2) is 72.8 Å². The highest BCUT2D eigenvalue weighted by molar-refractivity contribution is 5.96. The zero-order valence-electron chi connectivity index (χ0n) is 19.8. The van der Waals surface area contributed by atoms with Crippen LogP contribution in [0.3, 0.4) is 0 Å². The van der Waals surface area contributed by atoms with Crippen LogP contribution < -0.4 is 14.4 Å². The number of esters is 1. The van der Waals surface area contributed by atoms with Crippen molar-refractivity contribution in [1.82, 2.24) is 9.97 Å². The number of rotatable bonds is 8. The summed E-state index contributed by atoms with van der Waals surface area (Å²) in [6.07, 6.45) is -0.718. The molecule has 0 fully saturated rings. The number of ether oxygens (including phenoxy) is 3. The van der Waals surface area contributed by atoms with Gasteiger partial charge in [0.05, 0.1) is 29.3 Å². The Labute approximate surface area is 207 Å². The molecule has 4 rings (SSSR count). The highest BCUT2D eigenvalue weighted by Crippen LogP contribution is 2.24. The van der Waals surface area contributed by atoms with Crippen LogP contribution in [0.5, 0.6) is 11.5 Å². The van der Waals surface area contributed by atoms with E-state index in [2.05, 4.69) is 16.0 Å². The van der Waals surface area contributed by atoms with Gasteiger partial charge in [-0.25, -0.2) is 14.6 Å². The summed E-state index contributed by atoms with van der Waals surface area (Å²) >= 11 is 0. The van der Waals surface area contributed by atoms with Crippen molar-refractivity contribution in [3.05, 3.63) is 84.2 Å². The zero-order valence-corrected chi connectivity index (χ0v) is 19.8. The molecule has 1 atom stereocenters. The van der Waals surface area contributed by atoms with Crippen molar-refractivity contribution < 1.29 is 23.8 Å². The molecule has 1 aromatic heterocycles. The van der Waals surface area contributed by atoms with Crippen molar-refractivity contribution >= 4 is 28.8 Å². The molecule has 0 saturated heterocycles. The average Bonchev–Trinajstić information content (AvgIpc) is 3.31. The van der Waals surface area contributed by atoms with Crippen LogP contribution in [0.2, 0.25) is 0 Å². The standard InChI is InChI=1S/C27H24N4O5/c1-3-34-26(32)18(2)31(20-7-5-4-6-8-20)27(33)36-22-13-14-23-24(15-22)30-25(29-23)17-35-21-11-9-19(16-28)10-12-21/h4-15,18H,3,17H2,1-2H3,(H,29,30). The second-order valence-electron chi connectivity index (χ2n) is 7.79. The van der Waals surface area contributed by atoms with E-state index in [1.165, 1.54) is 4.90 Å². The molecule has 0 aliphatic rings. The van der Waals surface area contributed by atoms with E-state index < -0.39 is 18.1 Å². The Balaban J connectivity index is 1.49. The molecule has 0 bridgehead atoms. The summed E-state index contributed by atoms with van der Waals surface area (Å²) in [7, 11) is 0. The first kappa shape index (κ1) is 24.3. The lowest BCUT2D eigenvalue weighted by Crippen LogP contribution is -2.45. The van der Waals surface area contributed by atoms with E-state index in [1.54, 1.807) is 80.6 Å². The number of aromatic nitrogens is 2. The number of amides is 1. The summed E-state index contributed by atoms with van der Waals surface area (Å²) in [5.41, 5.74) is 2.39. The predicted molar refractivity (Wildman–Crippen MR) is 133 cm³/mol. The van der Waals surface area contributed by atoms with Gasteiger partial charge in [-0.3, -0.25) is 4.90 Å². The smallest absolute Gasteiger partial charge is 0.420 e. The molecule has 1 heterocycles. The molecule has 36 heavy (non-hydrogen) atoms. The van der Waals surface area contributed by atoms with E-state index in [-0.39, 0.29) is 19.0 Å². The van der Waals surface area contributed by atoms with Gasteiger partial charge in [0.1, 0.15) is 30.0 Å². The van der Waals surface area contributed by atoms with Gasteiger partial charge < -0.3 is 19.2 Å². The normalized spacial score (nSPS) is 11.4. The summed E-state index contributed by atoms with van der Waals surface area (Å²) in [5, 5.41) is 8.90. The summed E-state index contributed by atoms with van der Waals surface area (Å²) in [5.74, 6) is 0.947. The molecule has 0 aliphatic carbocycles. The van der Waals surface area contributed by atoms with Crippen LogP contribution in [0, 0.1) is 11.3 Å². The fraction of sp³-hybridized carbons (Fsp3) is 0.185. The van der Waals surface area contributed by atoms with Gasteiger partial charge in [-0.2, -0.15) is 5.26 Å². The number of imidazole rings is 1. The van der Waals surface area contributed by atoms with Crippen molar-refractivity contribution in [2.75, 3.05) is 11.5 Å². The lowest BCUT2D eigenvalue weighted by molar-refractivity contribution is -0.144. The number of carbonyl (C=O) groups excluding carboxylic acids is 2. The van der Waals surface area contributed by atoms with Crippen molar-refractivity contribution in [2.24, 2.45) is 0 Å². The molecule has 0 radical (unpaired) electrons. The molecule has 3 aromatic carbocycles. The maximum atomic E-state index is 13.1. The maximum absolute atomic E-state index is 13.1. The maximum Gasteiger partial charge on any atom is 0.420 e. The first-order valence-corrected chi connectivity index (χ1v) is 11.3. The number of anilines is 1. The fourth-order valence-corrected chi connectivity index (χ4v) is 3.54. The highest BCUT2D eigenvalue weighted by Gasteiger charge is 2.30. The molecule has 0 aliphatic heterocycles. The predicted octanol–water partition coefficient (Wildman–Crippen LogP) is 4.97. The molecule has 9 nitrogen and oxygen atoms in total. The number of benzene rings is 3. The van der Waals surface area contributed by atoms with Gasteiger partial charge in [-0.1, -0.05) is 18.2 Å². The van der Waals surface area contributed by atoms with Gasteiger partial charge in [0.2, 0.25) is 0 Å². The summed E-state index contributed by atoms with van der Waals surface area (Å²) in [6.45, 7) is 3.69. The van der Waals surface area contributed by atoms with E-state index in [0.29, 0.717) is 33.9 Å². The number of nitrogens with one attached hydrogen (secondary N) is 1. The Kier molecular flexibility index (Phi) is 7.46. The number of carbonyl (C=O) groups is 2. The third-order valence-corrected chi connectivity index (χ3v) is 5.31. The Morgan fingerprint density at radius 1 is 1.06 bits per heavy atom. The zero-order chi connectivity index (χ0) is 25.5. The first-order valence-electron chi connectivity index (χ1n) is 11.3. The third kappa shape index (κ3) is 5.62. The molecule has 0 saturated carbocycles. The number of para-hydroxylation sites is 1. The monoisotopic (exact) mass is 484 g/mol. The molecule has 4 aromatic rings. The Morgan fingerprint density at radius 2 is 1.78 bits per heavy atom. The van der Waals surface area contributed by atoms with Gasteiger partial charge in [0.15, 0.2) is 0 Å². The van der Waals surface area contributed by atoms with Crippen molar-refractivity contribution in [1.29, 1.82) is 5.26 Å². The minimum Gasteiger partial charge on any atom is -0.486 e. The van der Waals surface area contributed by atoms with E-state index in [0.717, 1.165) is 0 Å². The van der Waals surface area contributed by atoms with Crippen molar-refractivity contribution in [3.63, 3.8) is 0 Å². The SMILES string of the molecule is CCOC(=O)C(C)N(C(=O)Oc1ccc2nc(COc3ccc(C#N)cc3)[nH]c2c1)c1ccccc1. The second kappa shape index (κ2) is 11.1. The van der Waals surface area contributed by atoms with Crippen LogP contribution in [0.1, 0.15) is 25.2 Å². The number of nitriles is 1. The summed E-state index contributed by atoms with van der Waals surface area (Å²) in [4.78, 5) is 34.4. The number of nitrogens with zero attached hydrogens (tertiary/aromatic N) is 3. The molecule has 1 N–H and O–H groups in total. The molecule has 1 unspecified atom stereocenters. The van der Waals surface area contributed by atoms with Gasteiger partial charge in [-0.15, -0.1) is 0 Å². The van der Waals surface area contributed by atoms with Crippen molar-refractivity contribution in [2.45, 2.75) is 26.5 Å². The van der Waals surface area contributed by atoms with Gasteiger partial charge in [-0.05, 0) is 62.4 Å². The molecule has 0 spiro atoms. The van der Waals surface area contributed by atoms with E-state index in [4.69, 9.17) is 19.5 Å². The lowest BCUT2D eigenvalue weighted by Gasteiger charge is -2.26. The number of fused-ring (bicyclic) bond motifs is 1. The first-order chi connectivity index (χ1) is 17.5. The van der Waals surface area contributed by atoms with Crippen LogP contribution >= 0.6 is 0 Å². The van der Waals surface area contributed by atoms with E-state index >= 15 is 0 Å². The van der Waals surface area contributed by atoms with Crippen LogP contribution in [0.4, 0.5) is 10.5 Å². The molecule has 9 heteroatoms. The topological polar surface area (TPSA) is 118 Å². The van der Waals surface area contributed by atoms with Gasteiger partial charge in [0.25, 0.3) is 0 Å².